The standard InChI is InChI=1S/C30H24N4O3S/c1-19-27(29(36)33-21-11-3-2-4-12-21)28(25-15-8-16-37-25)23(17-31)30(32-19)38-18-26(35)34-24-14-7-10-20-9-5-6-13-22(20)24/h2-16,28,32H,18H2,1H3,(H,33,36)(H,34,35)/t28-/m1/s1. The molecule has 2 heterocycles. The number of fused-ring (bicyclic) bond motifs is 1. The van der Waals surface area contributed by atoms with E-state index in [0.717, 1.165) is 16.5 Å². The van der Waals surface area contributed by atoms with E-state index >= 15 is 0 Å². The number of thioether (sulfide) groups is 1. The number of hydrogen-bond acceptors (Lipinski definition) is 6. The second kappa shape index (κ2) is 11.1. The van der Waals surface area contributed by atoms with Gasteiger partial charge in [-0.2, -0.15) is 5.26 Å². The summed E-state index contributed by atoms with van der Waals surface area (Å²) in [6.07, 6.45) is 1.51. The summed E-state index contributed by atoms with van der Waals surface area (Å²) < 4.78 is 5.66. The van der Waals surface area contributed by atoms with Gasteiger partial charge in [-0.05, 0) is 42.6 Å². The minimum atomic E-state index is -0.719. The first kappa shape index (κ1) is 24.9. The number of para-hydroxylation sites is 1. The van der Waals surface area contributed by atoms with E-state index in [-0.39, 0.29) is 17.6 Å². The predicted octanol–water partition coefficient (Wildman–Crippen LogP) is 6.14. The number of nitrogens with one attached hydrogen (secondary N) is 3. The molecule has 1 aliphatic heterocycles. The number of hydrogen-bond donors (Lipinski definition) is 3. The Bertz CT molecular complexity index is 1600. The molecule has 1 aliphatic rings. The Morgan fingerprint density at radius 3 is 2.50 bits per heavy atom. The van der Waals surface area contributed by atoms with Crippen molar-refractivity contribution >= 4 is 45.7 Å². The largest absolute Gasteiger partial charge is 0.468 e. The molecule has 3 aromatic carbocycles. The van der Waals surface area contributed by atoms with Crippen LogP contribution in [0.3, 0.4) is 0 Å². The quantitative estimate of drug-likeness (QED) is 0.270. The van der Waals surface area contributed by atoms with Crippen LogP contribution in [0.1, 0.15) is 18.6 Å². The molecule has 2 amide bonds. The number of amides is 2. The van der Waals surface area contributed by atoms with Crippen molar-refractivity contribution in [1.29, 1.82) is 5.26 Å². The minimum absolute atomic E-state index is 0.0699. The number of benzene rings is 3. The molecule has 0 unspecified atom stereocenters. The van der Waals surface area contributed by atoms with Gasteiger partial charge in [-0.15, -0.1) is 0 Å². The molecule has 0 aliphatic carbocycles. The van der Waals surface area contributed by atoms with E-state index in [0.29, 0.717) is 33.3 Å². The van der Waals surface area contributed by atoms with E-state index in [1.807, 2.05) is 60.7 Å². The normalized spacial score (nSPS) is 15.1. The molecule has 7 nitrogen and oxygen atoms in total. The average Bonchev–Trinajstić information content (AvgIpc) is 3.47. The van der Waals surface area contributed by atoms with Crippen molar-refractivity contribution in [2.75, 3.05) is 16.4 Å². The summed E-state index contributed by atoms with van der Waals surface area (Å²) in [5.41, 5.74) is 2.64. The molecule has 1 aromatic heterocycles. The third-order valence-electron chi connectivity index (χ3n) is 6.16. The summed E-state index contributed by atoms with van der Waals surface area (Å²) >= 11 is 1.21. The first-order valence-corrected chi connectivity index (χ1v) is 13.0. The van der Waals surface area contributed by atoms with E-state index < -0.39 is 5.92 Å². The van der Waals surface area contributed by atoms with Crippen LogP contribution in [0.25, 0.3) is 10.8 Å². The van der Waals surface area contributed by atoms with Gasteiger partial charge in [0.1, 0.15) is 5.76 Å². The number of dihydropyridines is 1. The van der Waals surface area contributed by atoms with Crippen LogP contribution in [0.4, 0.5) is 11.4 Å². The highest BCUT2D eigenvalue weighted by molar-refractivity contribution is 8.03. The maximum atomic E-state index is 13.4. The molecule has 0 bridgehead atoms. The monoisotopic (exact) mass is 520 g/mol. The van der Waals surface area contributed by atoms with Gasteiger partial charge in [0.2, 0.25) is 5.91 Å². The predicted molar refractivity (Wildman–Crippen MR) is 150 cm³/mol. The highest BCUT2D eigenvalue weighted by Crippen LogP contribution is 2.41. The Hall–Kier alpha value is -4.74. The number of allylic oxidation sites excluding steroid dienone is 2. The zero-order valence-corrected chi connectivity index (χ0v) is 21.3. The van der Waals surface area contributed by atoms with Gasteiger partial charge in [-0.1, -0.05) is 66.4 Å². The van der Waals surface area contributed by atoms with Crippen molar-refractivity contribution in [3.05, 3.63) is 119 Å². The molecule has 0 fully saturated rings. The number of anilines is 2. The van der Waals surface area contributed by atoms with E-state index in [1.165, 1.54) is 18.0 Å². The fraction of sp³-hybridized carbons (Fsp3) is 0.100. The van der Waals surface area contributed by atoms with E-state index in [9.17, 15) is 14.9 Å². The topological polar surface area (TPSA) is 107 Å². The first-order valence-electron chi connectivity index (χ1n) is 12.0. The number of rotatable bonds is 7. The molecular formula is C30H24N4O3S. The lowest BCUT2D eigenvalue weighted by molar-refractivity contribution is -0.114. The molecule has 5 rings (SSSR count). The number of carbonyl (C=O) groups is 2. The van der Waals surface area contributed by atoms with Crippen molar-refractivity contribution in [3.63, 3.8) is 0 Å². The average molecular weight is 521 g/mol. The second-order valence-corrected chi connectivity index (χ2v) is 9.64. The smallest absolute Gasteiger partial charge is 0.254 e. The molecule has 8 heteroatoms. The SMILES string of the molecule is CC1=C(C(=O)Nc2ccccc2)[C@@H](c2ccco2)C(C#N)=C(SCC(=O)Nc2cccc3ccccc23)N1. The Balaban J connectivity index is 1.38. The van der Waals surface area contributed by atoms with Crippen molar-refractivity contribution in [2.24, 2.45) is 0 Å². The van der Waals surface area contributed by atoms with Gasteiger partial charge in [0.05, 0.1) is 40.2 Å². The van der Waals surface area contributed by atoms with Crippen molar-refractivity contribution in [1.82, 2.24) is 5.32 Å². The van der Waals surface area contributed by atoms with Crippen LogP contribution in [-0.2, 0) is 9.59 Å². The van der Waals surface area contributed by atoms with Gasteiger partial charge >= 0.3 is 0 Å². The van der Waals surface area contributed by atoms with Gasteiger partial charge in [-0.25, -0.2) is 0 Å². The lowest BCUT2D eigenvalue weighted by atomic mass is 9.85. The van der Waals surface area contributed by atoms with E-state index in [1.54, 1.807) is 31.2 Å². The van der Waals surface area contributed by atoms with Gasteiger partial charge in [0, 0.05) is 22.5 Å². The van der Waals surface area contributed by atoms with Crippen LogP contribution in [0, 0.1) is 11.3 Å². The third-order valence-corrected chi connectivity index (χ3v) is 7.18. The second-order valence-electron chi connectivity index (χ2n) is 8.65. The highest BCUT2D eigenvalue weighted by atomic mass is 32.2. The van der Waals surface area contributed by atoms with Crippen LogP contribution in [0.15, 0.2) is 117 Å². The lowest BCUT2D eigenvalue weighted by Gasteiger charge is -2.28. The number of nitriles is 1. The van der Waals surface area contributed by atoms with Crippen molar-refractivity contribution in [2.45, 2.75) is 12.8 Å². The molecule has 0 saturated carbocycles. The maximum absolute atomic E-state index is 13.4. The molecular weight excluding hydrogens is 496 g/mol. The van der Waals surface area contributed by atoms with Crippen LogP contribution < -0.4 is 16.0 Å². The summed E-state index contributed by atoms with van der Waals surface area (Å²) in [6.45, 7) is 1.78. The molecule has 3 N–H and O–H groups in total. The molecule has 0 saturated heterocycles. The van der Waals surface area contributed by atoms with Crippen LogP contribution >= 0.6 is 11.8 Å². The summed E-state index contributed by atoms with van der Waals surface area (Å²) in [5, 5.41) is 21.7. The van der Waals surface area contributed by atoms with E-state index in [4.69, 9.17) is 4.42 Å². The van der Waals surface area contributed by atoms with Crippen molar-refractivity contribution in [3.8, 4) is 6.07 Å². The Morgan fingerprint density at radius 1 is 0.974 bits per heavy atom. The molecule has 0 spiro atoms. The van der Waals surface area contributed by atoms with Crippen molar-refractivity contribution < 1.29 is 14.0 Å². The highest BCUT2D eigenvalue weighted by Gasteiger charge is 2.36. The summed E-state index contributed by atoms with van der Waals surface area (Å²) in [5.74, 6) is -0.724. The Kier molecular flexibility index (Phi) is 7.29. The van der Waals surface area contributed by atoms with Crippen LogP contribution in [-0.4, -0.2) is 17.6 Å². The zero-order chi connectivity index (χ0) is 26.5. The third kappa shape index (κ3) is 5.19. The molecule has 4 aromatic rings. The molecule has 0 radical (unpaired) electrons. The van der Waals surface area contributed by atoms with E-state index in [2.05, 4.69) is 22.0 Å². The summed E-state index contributed by atoms with van der Waals surface area (Å²) in [4.78, 5) is 26.3. The molecule has 38 heavy (non-hydrogen) atoms. The zero-order valence-electron chi connectivity index (χ0n) is 20.5. The molecule has 1 atom stereocenters. The number of furan rings is 1. The maximum Gasteiger partial charge on any atom is 0.254 e. The fourth-order valence-corrected chi connectivity index (χ4v) is 5.34. The Labute approximate surface area is 224 Å². The van der Waals surface area contributed by atoms with Crippen LogP contribution in [0.2, 0.25) is 0 Å². The lowest BCUT2D eigenvalue weighted by Crippen LogP contribution is -2.31. The van der Waals surface area contributed by atoms with Crippen LogP contribution in [0.5, 0.6) is 0 Å². The van der Waals surface area contributed by atoms with Gasteiger partial charge < -0.3 is 20.4 Å². The first-order chi connectivity index (χ1) is 18.5. The summed E-state index contributed by atoms with van der Waals surface area (Å²) in [7, 11) is 0. The number of nitrogens with zero attached hydrogens (tertiary/aromatic N) is 1. The van der Waals surface area contributed by atoms with Gasteiger partial charge in [0.25, 0.3) is 5.91 Å². The fourth-order valence-electron chi connectivity index (χ4n) is 4.45. The Morgan fingerprint density at radius 2 is 1.74 bits per heavy atom. The molecule has 188 valence electrons. The van der Waals surface area contributed by atoms with Gasteiger partial charge in [-0.3, -0.25) is 9.59 Å². The number of carbonyl (C=O) groups excluding carboxylic acids is 2. The summed E-state index contributed by atoms with van der Waals surface area (Å²) in [6, 6.07) is 28.4. The van der Waals surface area contributed by atoms with Gasteiger partial charge in [0.15, 0.2) is 0 Å². The minimum Gasteiger partial charge on any atom is -0.468 e.